The molecule has 0 unspecified atom stereocenters. The molecule has 0 aliphatic carbocycles. The van der Waals surface area contributed by atoms with Crippen LogP contribution in [0.15, 0.2) is 96.8 Å². The second-order valence-corrected chi connectivity index (χ2v) is 9.66. The largest absolute Gasteiger partial charge is 0.489 e. The van der Waals surface area contributed by atoms with Gasteiger partial charge in [-0.3, -0.25) is 0 Å². The van der Waals surface area contributed by atoms with Gasteiger partial charge in [-0.2, -0.15) is 5.10 Å². The zero-order valence-corrected chi connectivity index (χ0v) is 20.6. The van der Waals surface area contributed by atoms with Crippen molar-refractivity contribution < 1.29 is 4.74 Å². The molecule has 0 amide bonds. The van der Waals surface area contributed by atoms with Gasteiger partial charge in [0.05, 0.1) is 16.3 Å². The SMILES string of the molecule is Clc1ccc(COc2ccc(-c3ccnc4cc(-c5sccc5-n5cccc5)nn34)cc2)c(Cl)c1. The minimum absolute atomic E-state index is 0.363. The maximum Gasteiger partial charge on any atom is 0.156 e. The van der Waals surface area contributed by atoms with Crippen LogP contribution in [0.2, 0.25) is 10.0 Å². The molecule has 2 aromatic carbocycles. The molecule has 0 fully saturated rings. The van der Waals surface area contributed by atoms with E-state index in [0.29, 0.717) is 16.7 Å². The highest BCUT2D eigenvalue weighted by atomic mass is 35.5. The Labute approximate surface area is 215 Å². The van der Waals surface area contributed by atoms with Crippen molar-refractivity contribution in [3.05, 3.63) is 112 Å². The topological polar surface area (TPSA) is 44.3 Å². The monoisotopic (exact) mass is 516 g/mol. The number of halogens is 2. The quantitative estimate of drug-likeness (QED) is 0.226. The lowest BCUT2D eigenvalue weighted by Crippen LogP contribution is -1.98. The molecular weight excluding hydrogens is 499 g/mol. The van der Waals surface area contributed by atoms with Crippen molar-refractivity contribution in [3.63, 3.8) is 0 Å². The lowest BCUT2D eigenvalue weighted by molar-refractivity contribution is 0.306. The molecule has 0 aliphatic rings. The highest BCUT2D eigenvalue weighted by Crippen LogP contribution is 2.33. The third-order valence-corrected chi connectivity index (χ3v) is 7.19. The van der Waals surface area contributed by atoms with Gasteiger partial charge in [0.1, 0.15) is 18.1 Å². The first-order chi connectivity index (χ1) is 17.2. The fourth-order valence-corrected chi connectivity index (χ4v) is 5.25. The molecule has 0 atom stereocenters. The van der Waals surface area contributed by atoms with Crippen LogP contribution in [0, 0.1) is 0 Å². The summed E-state index contributed by atoms with van der Waals surface area (Å²) in [6.45, 7) is 0.363. The number of benzene rings is 2. The summed E-state index contributed by atoms with van der Waals surface area (Å²) in [5.41, 5.74) is 5.64. The summed E-state index contributed by atoms with van der Waals surface area (Å²) in [6.07, 6.45) is 5.88. The smallest absolute Gasteiger partial charge is 0.156 e. The molecule has 0 bridgehead atoms. The lowest BCUT2D eigenvalue weighted by Gasteiger charge is -2.09. The van der Waals surface area contributed by atoms with E-state index in [-0.39, 0.29) is 0 Å². The standard InChI is InChI=1S/C27H18Cl2N4OS/c28-20-6-3-19(22(29)15-20)17-34-21-7-4-18(5-8-21)24-9-11-30-26-16-23(31-33(24)26)27-25(10-14-35-27)32-12-1-2-13-32/h1-16H,17H2. The van der Waals surface area contributed by atoms with Gasteiger partial charge in [0.2, 0.25) is 0 Å². The van der Waals surface area contributed by atoms with Crippen molar-refractivity contribution in [3.8, 4) is 33.3 Å². The lowest BCUT2D eigenvalue weighted by atomic mass is 10.1. The van der Waals surface area contributed by atoms with Crippen LogP contribution in [0.25, 0.3) is 33.2 Å². The van der Waals surface area contributed by atoms with Crippen molar-refractivity contribution >= 4 is 40.2 Å². The second kappa shape index (κ2) is 9.23. The maximum absolute atomic E-state index is 6.25. The molecule has 8 heteroatoms. The molecule has 0 saturated carbocycles. The fourth-order valence-electron chi connectivity index (χ4n) is 3.94. The number of fused-ring (bicyclic) bond motifs is 1. The molecule has 0 aliphatic heterocycles. The van der Waals surface area contributed by atoms with E-state index in [9.17, 15) is 0 Å². The minimum atomic E-state index is 0.363. The van der Waals surface area contributed by atoms with Gasteiger partial charge in [0.15, 0.2) is 5.65 Å². The van der Waals surface area contributed by atoms with Gasteiger partial charge in [-0.15, -0.1) is 11.3 Å². The fraction of sp³-hybridized carbons (Fsp3) is 0.0370. The predicted molar refractivity (Wildman–Crippen MR) is 142 cm³/mol. The zero-order valence-electron chi connectivity index (χ0n) is 18.3. The van der Waals surface area contributed by atoms with E-state index < -0.39 is 0 Å². The van der Waals surface area contributed by atoms with E-state index in [1.165, 1.54) is 0 Å². The summed E-state index contributed by atoms with van der Waals surface area (Å²) in [5, 5.41) is 8.19. The first-order valence-corrected chi connectivity index (χ1v) is 12.5. The van der Waals surface area contributed by atoms with Gasteiger partial charge in [0, 0.05) is 45.8 Å². The van der Waals surface area contributed by atoms with Crippen LogP contribution >= 0.6 is 34.5 Å². The van der Waals surface area contributed by atoms with E-state index >= 15 is 0 Å². The number of aromatic nitrogens is 4. The number of thiophene rings is 1. The van der Waals surface area contributed by atoms with Gasteiger partial charge in [-0.05, 0) is 66.0 Å². The van der Waals surface area contributed by atoms with Gasteiger partial charge >= 0.3 is 0 Å². The molecule has 5 nitrogen and oxygen atoms in total. The molecular formula is C27H18Cl2N4OS. The van der Waals surface area contributed by atoms with E-state index in [1.54, 1.807) is 23.5 Å². The van der Waals surface area contributed by atoms with Crippen LogP contribution in [0.1, 0.15) is 5.56 Å². The Morgan fingerprint density at radius 2 is 1.74 bits per heavy atom. The van der Waals surface area contributed by atoms with Crippen LogP contribution < -0.4 is 4.74 Å². The molecule has 4 aromatic heterocycles. The van der Waals surface area contributed by atoms with Crippen LogP contribution in [-0.4, -0.2) is 19.2 Å². The Morgan fingerprint density at radius 1 is 0.914 bits per heavy atom. The predicted octanol–water partition coefficient (Wildman–Crippen LogP) is 7.80. The molecule has 0 saturated heterocycles. The molecule has 0 radical (unpaired) electrons. The average molecular weight is 517 g/mol. The molecule has 35 heavy (non-hydrogen) atoms. The van der Waals surface area contributed by atoms with Gasteiger partial charge < -0.3 is 9.30 Å². The van der Waals surface area contributed by atoms with Crippen LogP contribution in [0.3, 0.4) is 0 Å². The van der Waals surface area contributed by atoms with Crippen molar-refractivity contribution in [1.29, 1.82) is 0 Å². The number of rotatable bonds is 6. The van der Waals surface area contributed by atoms with Crippen molar-refractivity contribution in [2.75, 3.05) is 0 Å². The van der Waals surface area contributed by atoms with E-state index in [0.717, 1.165) is 44.5 Å². The van der Waals surface area contributed by atoms with Crippen molar-refractivity contribution in [1.82, 2.24) is 19.2 Å². The van der Waals surface area contributed by atoms with Crippen LogP contribution in [0.5, 0.6) is 5.75 Å². The van der Waals surface area contributed by atoms with Crippen molar-refractivity contribution in [2.24, 2.45) is 0 Å². The third-order valence-electron chi connectivity index (χ3n) is 5.68. The molecule has 0 N–H and O–H groups in total. The van der Waals surface area contributed by atoms with E-state index in [1.807, 2.05) is 77.7 Å². The van der Waals surface area contributed by atoms with E-state index in [2.05, 4.69) is 21.0 Å². The number of hydrogen-bond acceptors (Lipinski definition) is 4. The highest BCUT2D eigenvalue weighted by Gasteiger charge is 2.15. The normalized spacial score (nSPS) is 11.3. The van der Waals surface area contributed by atoms with Gasteiger partial charge in [0.25, 0.3) is 0 Å². The Morgan fingerprint density at radius 3 is 2.54 bits per heavy atom. The number of nitrogens with zero attached hydrogens (tertiary/aromatic N) is 4. The third kappa shape index (κ3) is 4.32. The zero-order chi connectivity index (χ0) is 23.8. The maximum atomic E-state index is 6.25. The number of ether oxygens (including phenoxy) is 1. The summed E-state index contributed by atoms with van der Waals surface area (Å²) >= 11 is 13.9. The Kier molecular flexibility index (Phi) is 5.78. The Balaban J connectivity index is 1.28. The second-order valence-electron chi connectivity index (χ2n) is 7.90. The van der Waals surface area contributed by atoms with Crippen LogP contribution in [0.4, 0.5) is 0 Å². The highest BCUT2D eigenvalue weighted by molar-refractivity contribution is 7.14. The summed E-state index contributed by atoms with van der Waals surface area (Å²) in [4.78, 5) is 5.64. The minimum Gasteiger partial charge on any atom is -0.489 e. The Hall–Kier alpha value is -3.58. The Bertz CT molecular complexity index is 1620. The number of hydrogen-bond donors (Lipinski definition) is 0. The molecule has 4 heterocycles. The molecule has 172 valence electrons. The van der Waals surface area contributed by atoms with Gasteiger partial charge in [-0.1, -0.05) is 29.3 Å². The van der Waals surface area contributed by atoms with Crippen LogP contribution in [-0.2, 0) is 6.61 Å². The summed E-state index contributed by atoms with van der Waals surface area (Å²) in [6, 6.07) is 23.4. The first-order valence-electron chi connectivity index (χ1n) is 10.9. The molecule has 6 aromatic rings. The molecule has 0 spiro atoms. The van der Waals surface area contributed by atoms with E-state index in [4.69, 9.17) is 33.0 Å². The van der Waals surface area contributed by atoms with Crippen molar-refractivity contribution in [2.45, 2.75) is 6.61 Å². The first kappa shape index (κ1) is 21.9. The average Bonchev–Trinajstić information content (AvgIpc) is 3.63. The summed E-state index contributed by atoms with van der Waals surface area (Å²) < 4.78 is 9.91. The molecule has 6 rings (SSSR count). The van der Waals surface area contributed by atoms with Gasteiger partial charge in [-0.25, -0.2) is 9.50 Å². The summed E-state index contributed by atoms with van der Waals surface area (Å²) in [5.74, 6) is 0.751. The summed E-state index contributed by atoms with van der Waals surface area (Å²) in [7, 11) is 0.